The summed E-state index contributed by atoms with van der Waals surface area (Å²) in [6.45, 7) is 5.39. The first kappa shape index (κ1) is 10.8. The molecule has 0 unspecified atom stereocenters. The minimum absolute atomic E-state index is 0.698. The van der Waals surface area contributed by atoms with Crippen LogP contribution in [0.4, 0.5) is 0 Å². The van der Waals surface area contributed by atoms with Crippen molar-refractivity contribution in [3.05, 3.63) is 31.0 Å². The smallest absolute Gasteiger partial charge is 0.0916 e. The highest BCUT2D eigenvalue weighted by Gasteiger charge is 2.03. The second-order valence-corrected chi connectivity index (χ2v) is 4.27. The fourth-order valence-electron chi connectivity index (χ4n) is 1.46. The van der Waals surface area contributed by atoms with Crippen molar-refractivity contribution in [2.24, 2.45) is 5.92 Å². The number of nitrogens with zero attached hydrogens (tertiary/aromatic N) is 4. The summed E-state index contributed by atoms with van der Waals surface area (Å²) in [4.78, 5) is 8.29. The molecule has 2 aromatic heterocycles. The zero-order valence-electron chi connectivity index (χ0n) is 9.67. The Kier molecular flexibility index (Phi) is 3.29. The molecule has 2 aromatic rings. The van der Waals surface area contributed by atoms with E-state index in [0.717, 1.165) is 24.2 Å². The Morgan fingerprint density at radius 3 is 2.81 bits per heavy atom. The quantitative estimate of drug-likeness (QED) is 0.788. The van der Waals surface area contributed by atoms with E-state index < -0.39 is 0 Å². The Hall–Kier alpha value is -1.71. The van der Waals surface area contributed by atoms with Crippen molar-refractivity contribution in [2.75, 3.05) is 0 Å². The molecule has 0 aliphatic heterocycles. The summed E-state index contributed by atoms with van der Waals surface area (Å²) in [7, 11) is 0. The van der Waals surface area contributed by atoms with Crippen molar-refractivity contribution in [1.29, 1.82) is 0 Å². The molecule has 0 aliphatic rings. The average Bonchev–Trinajstić information content (AvgIpc) is 2.76. The molecule has 0 atom stereocenters. The van der Waals surface area contributed by atoms with E-state index in [9.17, 15) is 0 Å². The lowest BCUT2D eigenvalue weighted by Crippen LogP contribution is -2.01. The Balaban J connectivity index is 2.08. The lowest BCUT2D eigenvalue weighted by Gasteiger charge is -2.03. The van der Waals surface area contributed by atoms with Crippen molar-refractivity contribution >= 4 is 0 Å². The van der Waals surface area contributed by atoms with Gasteiger partial charge in [-0.2, -0.15) is 5.10 Å². The maximum atomic E-state index is 4.31. The predicted octanol–water partition coefficient (Wildman–Crippen LogP) is 2.39. The topological polar surface area (TPSA) is 43.6 Å². The van der Waals surface area contributed by atoms with Crippen LogP contribution >= 0.6 is 0 Å². The molecule has 0 saturated heterocycles. The minimum atomic E-state index is 0.698. The van der Waals surface area contributed by atoms with Gasteiger partial charge in [0.1, 0.15) is 0 Å². The van der Waals surface area contributed by atoms with E-state index in [-0.39, 0.29) is 0 Å². The van der Waals surface area contributed by atoms with E-state index in [1.165, 1.54) is 0 Å². The molecule has 4 nitrogen and oxygen atoms in total. The van der Waals surface area contributed by atoms with E-state index in [2.05, 4.69) is 28.9 Å². The largest absolute Gasteiger partial charge is 0.272 e. The highest BCUT2D eigenvalue weighted by atomic mass is 15.3. The summed E-state index contributed by atoms with van der Waals surface area (Å²) in [5, 5.41) is 4.31. The van der Waals surface area contributed by atoms with Gasteiger partial charge in [-0.3, -0.25) is 14.6 Å². The average molecular weight is 216 g/mol. The minimum Gasteiger partial charge on any atom is -0.272 e. The standard InChI is InChI=1S/C12H16N4/c1-10(2)3-6-16-9-11(7-15-16)12-8-13-4-5-14-12/h4-5,7-10H,3,6H2,1-2H3. The van der Waals surface area contributed by atoms with Crippen molar-refractivity contribution in [3.8, 4) is 11.3 Å². The number of aryl methyl sites for hydroxylation is 1. The molecule has 0 spiro atoms. The van der Waals surface area contributed by atoms with Gasteiger partial charge in [0, 0.05) is 30.7 Å². The van der Waals surface area contributed by atoms with Gasteiger partial charge < -0.3 is 0 Å². The molecule has 2 heterocycles. The van der Waals surface area contributed by atoms with Crippen LogP contribution in [0.2, 0.25) is 0 Å². The molecule has 4 heteroatoms. The van der Waals surface area contributed by atoms with E-state index in [1.807, 2.05) is 17.1 Å². The van der Waals surface area contributed by atoms with Crippen LogP contribution in [-0.2, 0) is 6.54 Å². The summed E-state index contributed by atoms with van der Waals surface area (Å²) < 4.78 is 1.96. The number of aromatic nitrogens is 4. The molecule has 0 bridgehead atoms. The van der Waals surface area contributed by atoms with Gasteiger partial charge in [0.05, 0.1) is 18.1 Å². The van der Waals surface area contributed by atoms with Gasteiger partial charge in [-0.15, -0.1) is 0 Å². The van der Waals surface area contributed by atoms with Gasteiger partial charge in [-0.1, -0.05) is 13.8 Å². The molecule has 0 saturated carbocycles. The second-order valence-electron chi connectivity index (χ2n) is 4.27. The number of rotatable bonds is 4. The van der Waals surface area contributed by atoms with Crippen molar-refractivity contribution in [3.63, 3.8) is 0 Å². The molecular formula is C12H16N4. The molecule has 2 rings (SSSR count). The third-order valence-electron chi connectivity index (χ3n) is 2.43. The lowest BCUT2D eigenvalue weighted by atomic mass is 10.1. The highest BCUT2D eigenvalue weighted by molar-refractivity contribution is 5.55. The fourth-order valence-corrected chi connectivity index (χ4v) is 1.46. The van der Waals surface area contributed by atoms with Crippen LogP contribution < -0.4 is 0 Å². The van der Waals surface area contributed by atoms with Gasteiger partial charge in [-0.25, -0.2) is 0 Å². The van der Waals surface area contributed by atoms with Gasteiger partial charge in [-0.05, 0) is 12.3 Å². The van der Waals surface area contributed by atoms with Gasteiger partial charge >= 0.3 is 0 Å². The van der Waals surface area contributed by atoms with Crippen molar-refractivity contribution < 1.29 is 0 Å². The Morgan fingerprint density at radius 1 is 1.25 bits per heavy atom. The maximum Gasteiger partial charge on any atom is 0.0916 e. The summed E-state index contributed by atoms with van der Waals surface area (Å²) >= 11 is 0. The van der Waals surface area contributed by atoms with Crippen LogP contribution in [0.25, 0.3) is 11.3 Å². The van der Waals surface area contributed by atoms with Crippen LogP contribution in [0.3, 0.4) is 0 Å². The van der Waals surface area contributed by atoms with Crippen molar-refractivity contribution in [2.45, 2.75) is 26.8 Å². The molecule has 0 aromatic carbocycles. The SMILES string of the molecule is CC(C)CCn1cc(-c2cnccn2)cn1. The van der Waals surface area contributed by atoms with Crippen molar-refractivity contribution in [1.82, 2.24) is 19.7 Å². The van der Waals surface area contributed by atoms with Crippen LogP contribution in [-0.4, -0.2) is 19.7 Å². The first-order chi connectivity index (χ1) is 7.75. The predicted molar refractivity (Wildman–Crippen MR) is 62.7 cm³/mol. The zero-order chi connectivity index (χ0) is 11.4. The molecule has 0 fully saturated rings. The van der Waals surface area contributed by atoms with E-state index in [0.29, 0.717) is 5.92 Å². The summed E-state index contributed by atoms with van der Waals surface area (Å²) in [6, 6.07) is 0. The van der Waals surface area contributed by atoms with Gasteiger partial charge in [0.2, 0.25) is 0 Å². The Bertz CT molecular complexity index is 433. The number of hydrogen-bond acceptors (Lipinski definition) is 3. The second kappa shape index (κ2) is 4.88. The van der Waals surface area contributed by atoms with Crippen LogP contribution in [0.1, 0.15) is 20.3 Å². The molecule has 0 amide bonds. The van der Waals surface area contributed by atoms with E-state index in [4.69, 9.17) is 0 Å². The highest BCUT2D eigenvalue weighted by Crippen LogP contribution is 2.14. The lowest BCUT2D eigenvalue weighted by molar-refractivity contribution is 0.487. The third kappa shape index (κ3) is 2.66. The molecule has 84 valence electrons. The fraction of sp³-hybridized carbons (Fsp3) is 0.417. The Morgan fingerprint density at radius 2 is 2.12 bits per heavy atom. The monoisotopic (exact) mass is 216 g/mol. The van der Waals surface area contributed by atoms with E-state index >= 15 is 0 Å². The molecular weight excluding hydrogens is 200 g/mol. The van der Waals surface area contributed by atoms with Crippen LogP contribution in [0, 0.1) is 5.92 Å². The molecule has 16 heavy (non-hydrogen) atoms. The normalized spacial score (nSPS) is 10.9. The Labute approximate surface area is 95.4 Å². The van der Waals surface area contributed by atoms with Crippen LogP contribution in [0.15, 0.2) is 31.0 Å². The molecule has 0 N–H and O–H groups in total. The number of hydrogen-bond donors (Lipinski definition) is 0. The van der Waals surface area contributed by atoms with E-state index in [1.54, 1.807) is 18.6 Å². The maximum absolute atomic E-state index is 4.31. The summed E-state index contributed by atoms with van der Waals surface area (Å²) in [5.74, 6) is 0.698. The van der Waals surface area contributed by atoms with Gasteiger partial charge in [0.15, 0.2) is 0 Å². The third-order valence-corrected chi connectivity index (χ3v) is 2.43. The summed E-state index contributed by atoms with van der Waals surface area (Å²) in [5.41, 5.74) is 1.90. The summed E-state index contributed by atoms with van der Waals surface area (Å²) in [6.07, 6.45) is 10.1. The van der Waals surface area contributed by atoms with Crippen LogP contribution in [0.5, 0.6) is 0 Å². The first-order valence-electron chi connectivity index (χ1n) is 5.54. The molecule has 0 aliphatic carbocycles. The molecule has 0 radical (unpaired) electrons. The zero-order valence-corrected chi connectivity index (χ0v) is 9.67. The van der Waals surface area contributed by atoms with Gasteiger partial charge in [0.25, 0.3) is 0 Å². The first-order valence-corrected chi connectivity index (χ1v) is 5.54.